The van der Waals surface area contributed by atoms with Gasteiger partial charge in [-0.05, 0) is 70.4 Å². The third kappa shape index (κ3) is 5.32. The zero-order valence-corrected chi connectivity index (χ0v) is 27.4. The summed E-state index contributed by atoms with van der Waals surface area (Å²) < 4.78 is 2.33. The lowest BCUT2D eigenvalue weighted by Gasteiger charge is -2.25. The third-order valence-corrected chi connectivity index (χ3v) is 9.36. The molecule has 8 aromatic carbocycles. The van der Waals surface area contributed by atoms with Crippen LogP contribution < -0.4 is 4.90 Å². The SMILES string of the molecule is C(=Cc1ccc(-n2c(-c3ccccc3)nc3c4ccccc4c4ccccc4c32)cc1)c1ccc(N(c2ccccc2)c2ccccc2)cc1. The fourth-order valence-electron chi connectivity index (χ4n) is 7.00. The van der Waals surface area contributed by atoms with Gasteiger partial charge in [0.1, 0.15) is 5.82 Å². The molecule has 236 valence electrons. The van der Waals surface area contributed by atoms with Crippen LogP contribution in [0.4, 0.5) is 17.1 Å². The van der Waals surface area contributed by atoms with Gasteiger partial charge in [-0.1, -0.05) is 152 Å². The van der Waals surface area contributed by atoms with E-state index in [0.29, 0.717) is 0 Å². The number of hydrogen-bond acceptors (Lipinski definition) is 2. The zero-order valence-electron chi connectivity index (χ0n) is 27.4. The number of rotatable bonds is 7. The summed E-state index contributed by atoms with van der Waals surface area (Å²) in [5.74, 6) is 0.936. The highest BCUT2D eigenvalue weighted by Gasteiger charge is 2.20. The van der Waals surface area contributed by atoms with E-state index in [0.717, 1.165) is 56.3 Å². The molecule has 0 radical (unpaired) electrons. The van der Waals surface area contributed by atoms with E-state index in [4.69, 9.17) is 4.98 Å². The van der Waals surface area contributed by atoms with Crippen LogP contribution >= 0.6 is 0 Å². The molecule has 0 fully saturated rings. The highest BCUT2D eigenvalue weighted by atomic mass is 15.1. The summed E-state index contributed by atoms with van der Waals surface area (Å²) in [4.78, 5) is 7.62. The van der Waals surface area contributed by atoms with Crippen LogP contribution in [0.15, 0.2) is 188 Å². The number of nitrogens with zero attached hydrogens (tertiary/aromatic N) is 3. The second-order valence-corrected chi connectivity index (χ2v) is 12.4. The van der Waals surface area contributed by atoms with E-state index >= 15 is 0 Å². The lowest BCUT2D eigenvalue weighted by molar-refractivity contribution is 1.11. The molecule has 0 saturated heterocycles. The predicted octanol–water partition coefficient (Wildman–Crippen LogP) is 12.6. The molecule has 0 bridgehead atoms. The molecule has 0 aliphatic rings. The lowest BCUT2D eigenvalue weighted by Crippen LogP contribution is -2.09. The first-order valence-corrected chi connectivity index (χ1v) is 17.0. The Morgan fingerprint density at radius 3 is 1.42 bits per heavy atom. The molecule has 0 unspecified atom stereocenters. The van der Waals surface area contributed by atoms with E-state index in [-0.39, 0.29) is 0 Å². The Balaban J connectivity index is 1.08. The number of benzene rings is 8. The van der Waals surface area contributed by atoms with Crippen LogP contribution in [-0.4, -0.2) is 9.55 Å². The van der Waals surface area contributed by atoms with Crippen molar-refractivity contribution in [3.8, 4) is 17.1 Å². The highest BCUT2D eigenvalue weighted by Crippen LogP contribution is 2.39. The molecule has 0 saturated carbocycles. The smallest absolute Gasteiger partial charge is 0.145 e. The van der Waals surface area contributed by atoms with Gasteiger partial charge in [0.05, 0.1) is 11.0 Å². The lowest BCUT2D eigenvalue weighted by atomic mass is 10.00. The second-order valence-electron chi connectivity index (χ2n) is 12.4. The van der Waals surface area contributed by atoms with Crippen molar-refractivity contribution in [2.24, 2.45) is 0 Å². The molecule has 50 heavy (non-hydrogen) atoms. The largest absolute Gasteiger partial charge is 0.311 e. The topological polar surface area (TPSA) is 21.1 Å². The molecule has 0 spiro atoms. The Hall–Kier alpha value is -6.71. The molecule has 0 aliphatic heterocycles. The van der Waals surface area contributed by atoms with E-state index in [1.54, 1.807) is 0 Å². The van der Waals surface area contributed by atoms with Crippen molar-refractivity contribution in [1.82, 2.24) is 9.55 Å². The van der Waals surface area contributed by atoms with Gasteiger partial charge >= 0.3 is 0 Å². The van der Waals surface area contributed by atoms with E-state index in [1.165, 1.54) is 21.5 Å². The number of anilines is 3. The molecule has 9 aromatic rings. The summed E-state index contributed by atoms with van der Waals surface area (Å²) in [5, 5.41) is 4.82. The number of aromatic nitrogens is 2. The molecule has 0 aliphatic carbocycles. The van der Waals surface area contributed by atoms with Gasteiger partial charge in [-0.15, -0.1) is 0 Å². The second kappa shape index (κ2) is 12.7. The maximum absolute atomic E-state index is 5.34. The van der Waals surface area contributed by atoms with E-state index in [1.807, 2.05) is 0 Å². The Morgan fingerprint density at radius 1 is 0.400 bits per heavy atom. The minimum absolute atomic E-state index is 0.936. The first-order chi connectivity index (χ1) is 24.8. The molecule has 0 N–H and O–H groups in total. The van der Waals surface area contributed by atoms with Crippen LogP contribution in [-0.2, 0) is 0 Å². The van der Waals surface area contributed by atoms with Gasteiger partial charge in [-0.25, -0.2) is 4.98 Å². The van der Waals surface area contributed by atoms with Crippen molar-refractivity contribution in [3.05, 3.63) is 199 Å². The molecular weight excluding hydrogens is 607 g/mol. The normalized spacial score (nSPS) is 11.5. The Kier molecular flexibility index (Phi) is 7.49. The first-order valence-electron chi connectivity index (χ1n) is 17.0. The fourth-order valence-corrected chi connectivity index (χ4v) is 7.00. The summed E-state index contributed by atoms with van der Waals surface area (Å²) in [6.45, 7) is 0. The molecular formula is C47H33N3. The number of para-hydroxylation sites is 2. The van der Waals surface area contributed by atoms with Crippen molar-refractivity contribution in [2.45, 2.75) is 0 Å². The van der Waals surface area contributed by atoms with Gasteiger partial charge in [0.2, 0.25) is 0 Å². The van der Waals surface area contributed by atoms with Crippen molar-refractivity contribution in [1.29, 1.82) is 0 Å². The van der Waals surface area contributed by atoms with Crippen LogP contribution in [0.2, 0.25) is 0 Å². The van der Waals surface area contributed by atoms with Crippen LogP contribution in [0, 0.1) is 0 Å². The maximum Gasteiger partial charge on any atom is 0.145 e. The van der Waals surface area contributed by atoms with Crippen molar-refractivity contribution < 1.29 is 0 Å². The van der Waals surface area contributed by atoms with E-state index in [2.05, 4.69) is 210 Å². The summed E-state index contributed by atoms with van der Waals surface area (Å²) in [6.07, 6.45) is 4.35. The highest BCUT2D eigenvalue weighted by molar-refractivity contribution is 6.24. The number of fused-ring (bicyclic) bond motifs is 6. The van der Waals surface area contributed by atoms with Crippen molar-refractivity contribution >= 4 is 61.8 Å². The van der Waals surface area contributed by atoms with Crippen molar-refractivity contribution in [2.75, 3.05) is 4.90 Å². The third-order valence-electron chi connectivity index (χ3n) is 9.36. The van der Waals surface area contributed by atoms with Crippen LogP contribution in [0.5, 0.6) is 0 Å². The van der Waals surface area contributed by atoms with Crippen LogP contribution in [0.1, 0.15) is 11.1 Å². The Bertz CT molecular complexity index is 2560. The maximum atomic E-state index is 5.34. The number of imidazole rings is 1. The van der Waals surface area contributed by atoms with E-state index in [9.17, 15) is 0 Å². The average Bonchev–Trinajstić information content (AvgIpc) is 3.61. The van der Waals surface area contributed by atoms with E-state index < -0.39 is 0 Å². The monoisotopic (exact) mass is 639 g/mol. The van der Waals surface area contributed by atoms with Gasteiger partial charge in [0.15, 0.2) is 0 Å². The molecule has 0 atom stereocenters. The molecule has 1 heterocycles. The van der Waals surface area contributed by atoms with Gasteiger partial charge < -0.3 is 4.90 Å². The van der Waals surface area contributed by atoms with Gasteiger partial charge in [0, 0.05) is 39.1 Å². The van der Waals surface area contributed by atoms with Gasteiger partial charge in [-0.3, -0.25) is 4.57 Å². The summed E-state index contributed by atoms with van der Waals surface area (Å²) in [6, 6.07) is 66.3. The molecule has 1 aromatic heterocycles. The summed E-state index contributed by atoms with van der Waals surface area (Å²) in [5.41, 5.74) is 9.96. The molecule has 0 amide bonds. The fraction of sp³-hybridized carbons (Fsp3) is 0. The first kappa shape index (κ1) is 29.4. The molecule has 9 rings (SSSR count). The Morgan fingerprint density at radius 2 is 0.840 bits per heavy atom. The quantitative estimate of drug-likeness (QED) is 0.128. The van der Waals surface area contributed by atoms with Crippen molar-refractivity contribution in [3.63, 3.8) is 0 Å². The van der Waals surface area contributed by atoms with Crippen LogP contribution in [0.25, 0.3) is 61.8 Å². The molecule has 3 heteroatoms. The average molecular weight is 640 g/mol. The minimum Gasteiger partial charge on any atom is -0.311 e. The van der Waals surface area contributed by atoms with Gasteiger partial charge in [-0.2, -0.15) is 0 Å². The van der Waals surface area contributed by atoms with Crippen LogP contribution in [0.3, 0.4) is 0 Å². The summed E-state index contributed by atoms with van der Waals surface area (Å²) >= 11 is 0. The Labute approximate surface area is 291 Å². The standard InChI is InChI=1S/C47H33N3/c1-4-14-36(15-5-1)47-48-45-43-22-12-10-20-41(43)42-21-11-13-23-44(42)46(45)50(47)40-32-28-35(29-33-40)25-24-34-26-30-39(31-27-34)49(37-16-6-2-7-17-37)38-18-8-3-9-19-38/h1-33H. The number of hydrogen-bond donors (Lipinski definition) is 0. The minimum atomic E-state index is 0.936. The van der Waals surface area contributed by atoms with Gasteiger partial charge in [0.25, 0.3) is 0 Å². The molecule has 3 nitrogen and oxygen atoms in total. The predicted molar refractivity (Wildman–Crippen MR) is 212 cm³/mol. The summed E-state index contributed by atoms with van der Waals surface area (Å²) in [7, 11) is 0. The zero-order chi connectivity index (χ0) is 33.3.